The van der Waals surface area contributed by atoms with E-state index in [9.17, 15) is 15.0 Å². The van der Waals surface area contributed by atoms with Crippen LogP contribution in [0.15, 0.2) is 40.9 Å². The van der Waals surface area contributed by atoms with E-state index >= 15 is 0 Å². The SMILES string of the molecule is O=C(c1cc(-c2ccccc2)no1)N1C[C@@H](O)[C@@H](O)C1. The van der Waals surface area contributed by atoms with E-state index in [2.05, 4.69) is 5.16 Å². The Hall–Kier alpha value is -2.18. The maximum Gasteiger partial charge on any atom is 0.292 e. The van der Waals surface area contributed by atoms with E-state index in [1.807, 2.05) is 30.3 Å². The molecule has 2 atom stereocenters. The molecule has 104 valence electrons. The van der Waals surface area contributed by atoms with Gasteiger partial charge in [-0.25, -0.2) is 0 Å². The number of likely N-dealkylation sites (tertiary alicyclic amines) is 1. The van der Waals surface area contributed by atoms with Crippen molar-refractivity contribution in [3.8, 4) is 11.3 Å². The summed E-state index contributed by atoms with van der Waals surface area (Å²) in [6.45, 7) is 0.197. The maximum atomic E-state index is 12.2. The second kappa shape index (κ2) is 5.07. The quantitative estimate of drug-likeness (QED) is 0.833. The van der Waals surface area contributed by atoms with Crippen LogP contribution >= 0.6 is 0 Å². The van der Waals surface area contributed by atoms with E-state index < -0.39 is 12.2 Å². The van der Waals surface area contributed by atoms with Crippen LogP contribution in [0.3, 0.4) is 0 Å². The Morgan fingerprint density at radius 3 is 2.50 bits per heavy atom. The summed E-state index contributed by atoms with van der Waals surface area (Å²) >= 11 is 0. The first-order chi connectivity index (χ1) is 9.65. The summed E-state index contributed by atoms with van der Waals surface area (Å²) in [5.41, 5.74) is 1.44. The van der Waals surface area contributed by atoms with Gasteiger partial charge in [-0.3, -0.25) is 4.79 Å². The minimum atomic E-state index is -0.907. The van der Waals surface area contributed by atoms with Crippen molar-refractivity contribution in [1.29, 1.82) is 0 Å². The molecule has 1 aromatic heterocycles. The largest absolute Gasteiger partial charge is 0.388 e. The number of β-amino-alcohol motifs (C(OH)–C–C–N with tert-alkyl or cyclic N) is 2. The van der Waals surface area contributed by atoms with Crippen molar-refractivity contribution in [2.45, 2.75) is 12.2 Å². The monoisotopic (exact) mass is 274 g/mol. The van der Waals surface area contributed by atoms with Crippen molar-refractivity contribution >= 4 is 5.91 Å². The summed E-state index contributed by atoms with van der Waals surface area (Å²) in [6.07, 6.45) is -1.81. The third kappa shape index (κ3) is 2.31. The van der Waals surface area contributed by atoms with Crippen LogP contribution in [0.4, 0.5) is 0 Å². The molecular weight excluding hydrogens is 260 g/mol. The summed E-state index contributed by atoms with van der Waals surface area (Å²) in [4.78, 5) is 13.5. The van der Waals surface area contributed by atoms with Crippen LogP contribution in [0.1, 0.15) is 10.6 Å². The van der Waals surface area contributed by atoms with Crippen LogP contribution in [-0.2, 0) is 0 Å². The minimum absolute atomic E-state index is 0.0986. The number of carbonyl (C=O) groups is 1. The van der Waals surface area contributed by atoms with Crippen molar-refractivity contribution in [3.05, 3.63) is 42.2 Å². The van der Waals surface area contributed by atoms with Gasteiger partial charge in [0.2, 0.25) is 5.76 Å². The van der Waals surface area contributed by atoms with Crippen LogP contribution < -0.4 is 0 Å². The molecule has 6 heteroatoms. The first-order valence-corrected chi connectivity index (χ1v) is 6.32. The summed E-state index contributed by atoms with van der Waals surface area (Å²) in [5.74, 6) is -0.277. The maximum absolute atomic E-state index is 12.2. The van der Waals surface area contributed by atoms with E-state index in [4.69, 9.17) is 4.52 Å². The van der Waals surface area contributed by atoms with E-state index in [1.165, 1.54) is 4.90 Å². The van der Waals surface area contributed by atoms with Crippen molar-refractivity contribution in [3.63, 3.8) is 0 Å². The molecule has 2 heterocycles. The van der Waals surface area contributed by atoms with Crippen molar-refractivity contribution in [1.82, 2.24) is 10.1 Å². The predicted molar refractivity (Wildman–Crippen MR) is 69.9 cm³/mol. The zero-order valence-corrected chi connectivity index (χ0v) is 10.6. The third-order valence-electron chi connectivity index (χ3n) is 3.34. The number of nitrogens with zero attached hydrogens (tertiary/aromatic N) is 2. The van der Waals surface area contributed by atoms with Gasteiger partial charge >= 0.3 is 0 Å². The lowest BCUT2D eigenvalue weighted by Gasteiger charge is -2.12. The fraction of sp³-hybridized carbons (Fsp3) is 0.286. The Kier molecular flexibility index (Phi) is 3.25. The number of aliphatic hydroxyl groups excluding tert-OH is 2. The van der Waals surface area contributed by atoms with Crippen LogP contribution in [0.25, 0.3) is 11.3 Å². The molecule has 1 saturated heterocycles. The average Bonchev–Trinajstić information content (AvgIpc) is 3.07. The molecule has 0 unspecified atom stereocenters. The smallest absolute Gasteiger partial charge is 0.292 e. The number of aliphatic hydroxyl groups is 2. The second-order valence-electron chi connectivity index (χ2n) is 4.79. The van der Waals surface area contributed by atoms with Crippen molar-refractivity contribution in [2.24, 2.45) is 0 Å². The highest BCUT2D eigenvalue weighted by Crippen LogP contribution is 2.21. The summed E-state index contributed by atoms with van der Waals surface area (Å²) < 4.78 is 5.06. The number of carbonyl (C=O) groups excluding carboxylic acids is 1. The molecule has 0 aliphatic carbocycles. The fourth-order valence-electron chi connectivity index (χ4n) is 2.21. The first kappa shape index (κ1) is 12.8. The van der Waals surface area contributed by atoms with Crippen LogP contribution in [-0.4, -0.2) is 51.5 Å². The molecule has 2 N–H and O–H groups in total. The highest BCUT2D eigenvalue weighted by Gasteiger charge is 2.34. The van der Waals surface area contributed by atoms with Gasteiger partial charge in [-0.15, -0.1) is 0 Å². The lowest BCUT2D eigenvalue weighted by atomic mass is 10.1. The second-order valence-corrected chi connectivity index (χ2v) is 4.79. The van der Waals surface area contributed by atoms with Gasteiger partial charge in [-0.2, -0.15) is 0 Å². The van der Waals surface area contributed by atoms with E-state index in [0.29, 0.717) is 5.69 Å². The van der Waals surface area contributed by atoms with Gasteiger partial charge in [0.15, 0.2) is 0 Å². The molecule has 3 rings (SSSR count). The summed E-state index contributed by atoms with van der Waals surface area (Å²) in [6, 6.07) is 10.9. The number of aromatic nitrogens is 1. The molecule has 20 heavy (non-hydrogen) atoms. The normalized spacial score (nSPS) is 22.2. The first-order valence-electron chi connectivity index (χ1n) is 6.32. The van der Waals surface area contributed by atoms with Crippen molar-refractivity contribution in [2.75, 3.05) is 13.1 Å². The predicted octanol–water partition coefficient (Wildman–Crippen LogP) is 0.519. The Labute approximate surface area is 115 Å². The molecule has 0 bridgehead atoms. The van der Waals surface area contributed by atoms with E-state index in [-0.39, 0.29) is 24.8 Å². The Morgan fingerprint density at radius 1 is 1.20 bits per heavy atom. The van der Waals surface area contributed by atoms with Crippen LogP contribution in [0.2, 0.25) is 0 Å². The Bertz CT molecular complexity index is 601. The van der Waals surface area contributed by atoms with Crippen molar-refractivity contribution < 1.29 is 19.5 Å². The summed E-state index contributed by atoms with van der Waals surface area (Å²) in [7, 11) is 0. The lowest BCUT2D eigenvalue weighted by Crippen LogP contribution is -2.29. The zero-order chi connectivity index (χ0) is 14.1. The lowest BCUT2D eigenvalue weighted by molar-refractivity contribution is 0.0572. The van der Waals surface area contributed by atoms with Gasteiger partial charge in [0, 0.05) is 24.7 Å². The molecule has 1 amide bonds. The van der Waals surface area contributed by atoms with Gasteiger partial charge in [0.25, 0.3) is 5.91 Å². The number of benzene rings is 1. The van der Waals surface area contributed by atoms with Crippen LogP contribution in [0, 0.1) is 0 Å². The zero-order valence-electron chi connectivity index (χ0n) is 10.6. The van der Waals surface area contributed by atoms with Gasteiger partial charge in [-0.05, 0) is 0 Å². The van der Waals surface area contributed by atoms with E-state index in [1.54, 1.807) is 6.07 Å². The molecule has 2 aromatic rings. The van der Waals surface area contributed by atoms with Gasteiger partial charge < -0.3 is 19.6 Å². The van der Waals surface area contributed by atoms with Gasteiger partial charge in [0.1, 0.15) is 5.69 Å². The number of hydrogen-bond donors (Lipinski definition) is 2. The highest BCUT2D eigenvalue weighted by atomic mass is 16.5. The Morgan fingerprint density at radius 2 is 1.85 bits per heavy atom. The molecule has 0 spiro atoms. The molecular formula is C14H14N2O4. The van der Waals surface area contributed by atoms with Gasteiger partial charge in [0.05, 0.1) is 12.2 Å². The van der Waals surface area contributed by atoms with Gasteiger partial charge in [-0.1, -0.05) is 35.5 Å². The molecule has 0 radical (unpaired) electrons. The Balaban J connectivity index is 1.79. The summed E-state index contributed by atoms with van der Waals surface area (Å²) in [5, 5.41) is 22.8. The molecule has 1 aromatic carbocycles. The topological polar surface area (TPSA) is 86.8 Å². The standard InChI is InChI=1S/C14H14N2O4/c17-11-7-16(8-12(11)18)14(19)13-6-10(15-20-13)9-4-2-1-3-5-9/h1-6,11-12,17-18H,7-8H2/t11-,12+. The minimum Gasteiger partial charge on any atom is -0.388 e. The number of amides is 1. The molecule has 1 aliphatic rings. The fourth-order valence-corrected chi connectivity index (χ4v) is 2.21. The van der Waals surface area contributed by atoms with E-state index in [0.717, 1.165) is 5.56 Å². The molecule has 1 fully saturated rings. The van der Waals surface area contributed by atoms with Crippen LogP contribution in [0.5, 0.6) is 0 Å². The number of rotatable bonds is 2. The average molecular weight is 274 g/mol. The third-order valence-corrected chi connectivity index (χ3v) is 3.34. The number of hydrogen-bond acceptors (Lipinski definition) is 5. The molecule has 6 nitrogen and oxygen atoms in total. The molecule has 1 aliphatic heterocycles. The highest BCUT2D eigenvalue weighted by molar-refractivity contribution is 5.92. The molecule has 0 saturated carbocycles.